The van der Waals surface area contributed by atoms with E-state index in [1.54, 1.807) is 12.4 Å². The van der Waals surface area contributed by atoms with Gasteiger partial charge in [-0.25, -0.2) is 4.98 Å². The standard InChI is InChI=1S/C18H17BrN4O2/c1-11-14(19)3-2-4-15(11)23-18-17-13(5-6-21-18)7-12(9-22-17)10-25-16(24)8-20/h2-7,9H,8,10,20H2,1H3,(H,21,23). The number of carbonyl (C=O) groups excluding carboxylic acids is 1. The molecule has 0 radical (unpaired) electrons. The van der Waals surface area contributed by atoms with Gasteiger partial charge in [0, 0.05) is 33.5 Å². The van der Waals surface area contributed by atoms with E-state index in [9.17, 15) is 4.79 Å². The van der Waals surface area contributed by atoms with Gasteiger partial charge in [0.05, 0.1) is 6.54 Å². The quantitative estimate of drug-likeness (QED) is 0.637. The molecule has 6 nitrogen and oxygen atoms in total. The molecule has 0 unspecified atom stereocenters. The molecule has 128 valence electrons. The second kappa shape index (κ2) is 7.58. The van der Waals surface area contributed by atoms with Gasteiger partial charge in [0.1, 0.15) is 12.1 Å². The van der Waals surface area contributed by atoms with Crippen LogP contribution in [0.4, 0.5) is 11.5 Å². The van der Waals surface area contributed by atoms with E-state index >= 15 is 0 Å². The van der Waals surface area contributed by atoms with Crippen molar-refractivity contribution in [2.24, 2.45) is 5.73 Å². The lowest BCUT2D eigenvalue weighted by Gasteiger charge is -2.12. The van der Waals surface area contributed by atoms with Crippen molar-refractivity contribution < 1.29 is 9.53 Å². The van der Waals surface area contributed by atoms with Gasteiger partial charge in [0.15, 0.2) is 5.82 Å². The molecule has 0 fully saturated rings. The second-order valence-electron chi connectivity index (χ2n) is 5.48. The van der Waals surface area contributed by atoms with E-state index in [-0.39, 0.29) is 13.2 Å². The summed E-state index contributed by atoms with van der Waals surface area (Å²) < 4.78 is 6.06. The second-order valence-corrected chi connectivity index (χ2v) is 6.33. The van der Waals surface area contributed by atoms with Gasteiger partial charge in [-0.2, -0.15) is 0 Å². The summed E-state index contributed by atoms with van der Waals surface area (Å²) in [7, 11) is 0. The van der Waals surface area contributed by atoms with Gasteiger partial charge < -0.3 is 15.8 Å². The van der Waals surface area contributed by atoms with Gasteiger partial charge >= 0.3 is 5.97 Å². The van der Waals surface area contributed by atoms with E-state index in [1.165, 1.54) is 0 Å². The monoisotopic (exact) mass is 400 g/mol. The van der Waals surface area contributed by atoms with Crippen LogP contribution in [0.1, 0.15) is 11.1 Å². The average molecular weight is 401 g/mol. The predicted molar refractivity (Wildman–Crippen MR) is 101 cm³/mol. The summed E-state index contributed by atoms with van der Waals surface area (Å²) in [6.45, 7) is 2.04. The van der Waals surface area contributed by atoms with Gasteiger partial charge in [-0.1, -0.05) is 22.0 Å². The third kappa shape index (κ3) is 3.94. The fourth-order valence-electron chi connectivity index (χ4n) is 2.37. The van der Waals surface area contributed by atoms with Crippen LogP contribution < -0.4 is 11.1 Å². The number of aromatic nitrogens is 2. The molecule has 7 heteroatoms. The van der Waals surface area contributed by atoms with Crippen LogP contribution >= 0.6 is 15.9 Å². The summed E-state index contributed by atoms with van der Waals surface area (Å²) in [5, 5.41) is 4.24. The normalized spacial score (nSPS) is 10.7. The minimum Gasteiger partial charge on any atom is -0.460 e. The number of hydrogen-bond acceptors (Lipinski definition) is 6. The summed E-state index contributed by atoms with van der Waals surface area (Å²) in [6.07, 6.45) is 3.39. The Balaban J connectivity index is 1.89. The Hall–Kier alpha value is -2.51. The van der Waals surface area contributed by atoms with Crippen molar-refractivity contribution >= 4 is 44.3 Å². The zero-order valence-electron chi connectivity index (χ0n) is 13.6. The average Bonchev–Trinajstić information content (AvgIpc) is 2.63. The Kier molecular flexibility index (Phi) is 5.25. The predicted octanol–water partition coefficient (Wildman–Crippen LogP) is 3.45. The number of nitrogens with zero attached hydrogens (tertiary/aromatic N) is 2. The molecule has 0 aliphatic heterocycles. The molecular formula is C18H17BrN4O2. The molecule has 1 aromatic carbocycles. The highest BCUT2D eigenvalue weighted by molar-refractivity contribution is 9.10. The van der Waals surface area contributed by atoms with Crippen molar-refractivity contribution in [1.82, 2.24) is 9.97 Å². The number of hydrogen-bond donors (Lipinski definition) is 2. The number of halogens is 1. The molecule has 0 spiro atoms. The van der Waals surface area contributed by atoms with E-state index < -0.39 is 5.97 Å². The molecule has 0 saturated heterocycles. The van der Waals surface area contributed by atoms with Crippen molar-refractivity contribution in [2.45, 2.75) is 13.5 Å². The first-order chi connectivity index (χ1) is 12.1. The number of anilines is 2. The van der Waals surface area contributed by atoms with Crippen molar-refractivity contribution in [2.75, 3.05) is 11.9 Å². The minimum atomic E-state index is -0.442. The Bertz CT molecular complexity index is 930. The number of benzene rings is 1. The number of ether oxygens (including phenoxy) is 1. The number of carbonyl (C=O) groups is 1. The topological polar surface area (TPSA) is 90.1 Å². The van der Waals surface area contributed by atoms with E-state index in [4.69, 9.17) is 10.5 Å². The molecule has 3 rings (SSSR count). The van der Waals surface area contributed by atoms with Crippen molar-refractivity contribution in [1.29, 1.82) is 0 Å². The van der Waals surface area contributed by atoms with Gasteiger partial charge in [0.2, 0.25) is 0 Å². The molecule has 2 heterocycles. The highest BCUT2D eigenvalue weighted by Gasteiger charge is 2.09. The summed E-state index contributed by atoms with van der Waals surface area (Å²) in [4.78, 5) is 20.0. The Morgan fingerprint density at radius 3 is 2.96 bits per heavy atom. The number of esters is 1. The largest absolute Gasteiger partial charge is 0.460 e. The number of nitrogens with two attached hydrogens (primary N) is 1. The smallest absolute Gasteiger partial charge is 0.320 e. The van der Waals surface area contributed by atoms with Crippen molar-refractivity contribution in [3.05, 3.63) is 58.3 Å². The van der Waals surface area contributed by atoms with Crippen LogP contribution in [0.15, 0.2) is 47.2 Å². The van der Waals surface area contributed by atoms with Gasteiger partial charge in [0.25, 0.3) is 0 Å². The highest BCUT2D eigenvalue weighted by atomic mass is 79.9. The Morgan fingerprint density at radius 1 is 1.32 bits per heavy atom. The zero-order valence-corrected chi connectivity index (χ0v) is 15.2. The zero-order chi connectivity index (χ0) is 17.8. The third-order valence-electron chi connectivity index (χ3n) is 3.74. The SMILES string of the molecule is Cc1c(Br)cccc1Nc1nccc2cc(COC(=O)CN)cnc12. The van der Waals surface area contributed by atoms with Crippen LogP contribution in [0.5, 0.6) is 0 Å². The minimum absolute atomic E-state index is 0.134. The summed E-state index contributed by atoms with van der Waals surface area (Å²) in [5.41, 5.74) is 8.82. The maximum absolute atomic E-state index is 11.2. The van der Waals surface area contributed by atoms with Crippen LogP contribution in [0.25, 0.3) is 10.9 Å². The number of nitrogens with one attached hydrogen (secondary N) is 1. The fourth-order valence-corrected chi connectivity index (χ4v) is 2.74. The van der Waals surface area contributed by atoms with Crippen LogP contribution in [-0.2, 0) is 16.1 Å². The summed E-state index contributed by atoms with van der Waals surface area (Å²) >= 11 is 3.53. The van der Waals surface area contributed by atoms with Crippen LogP contribution in [0.3, 0.4) is 0 Å². The molecule has 0 amide bonds. The Morgan fingerprint density at radius 2 is 2.16 bits per heavy atom. The lowest BCUT2D eigenvalue weighted by molar-refractivity contribution is -0.143. The molecule has 2 aromatic heterocycles. The maximum atomic E-state index is 11.2. The van der Waals surface area contributed by atoms with Crippen LogP contribution in [0, 0.1) is 6.92 Å². The van der Waals surface area contributed by atoms with E-state index in [0.29, 0.717) is 5.82 Å². The van der Waals surface area contributed by atoms with Crippen LogP contribution in [0.2, 0.25) is 0 Å². The van der Waals surface area contributed by atoms with Gasteiger partial charge in [-0.15, -0.1) is 0 Å². The molecule has 0 atom stereocenters. The van der Waals surface area contributed by atoms with E-state index in [1.807, 2.05) is 37.3 Å². The first kappa shape index (κ1) is 17.3. The summed E-state index contributed by atoms with van der Waals surface area (Å²) in [6, 6.07) is 9.73. The molecule has 25 heavy (non-hydrogen) atoms. The number of pyridine rings is 2. The van der Waals surface area contributed by atoms with Crippen molar-refractivity contribution in [3.8, 4) is 0 Å². The fraction of sp³-hybridized carbons (Fsp3) is 0.167. The maximum Gasteiger partial charge on any atom is 0.320 e. The number of rotatable bonds is 5. The first-order valence-corrected chi connectivity index (χ1v) is 8.49. The van der Waals surface area contributed by atoms with E-state index in [2.05, 4.69) is 31.2 Å². The van der Waals surface area contributed by atoms with Crippen LogP contribution in [-0.4, -0.2) is 22.5 Å². The third-order valence-corrected chi connectivity index (χ3v) is 4.60. The molecule has 3 N–H and O–H groups in total. The summed E-state index contributed by atoms with van der Waals surface area (Å²) in [5.74, 6) is 0.228. The number of fused-ring (bicyclic) bond motifs is 1. The molecule has 0 aliphatic carbocycles. The molecule has 0 aliphatic rings. The van der Waals surface area contributed by atoms with Gasteiger partial charge in [-0.05, 0) is 36.8 Å². The first-order valence-electron chi connectivity index (χ1n) is 7.70. The lowest BCUT2D eigenvalue weighted by Crippen LogP contribution is -2.16. The van der Waals surface area contributed by atoms with Crippen molar-refractivity contribution in [3.63, 3.8) is 0 Å². The molecule has 3 aromatic rings. The van der Waals surface area contributed by atoms with Gasteiger partial charge in [-0.3, -0.25) is 9.78 Å². The Labute approximate surface area is 153 Å². The molecule has 0 bridgehead atoms. The molecule has 0 saturated carbocycles. The van der Waals surface area contributed by atoms with E-state index in [0.717, 1.165) is 32.2 Å². The lowest BCUT2D eigenvalue weighted by atomic mass is 10.1. The highest BCUT2D eigenvalue weighted by Crippen LogP contribution is 2.28. The molecular weight excluding hydrogens is 384 g/mol.